The Bertz CT molecular complexity index is 872. The van der Waals surface area contributed by atoms with Crippen LogP contribution in [0, 0.1) is 0 Å². The van der Waals surface area contributed by atoms with Crippen molar-refractivity contribution in [1.29, 1.82) is 0 Å². The standard InChI is InChI=1S/C22H20Br2ClNO/c1-2-15-5-9-19(10-6-15)26-13-17-11-20(23)22(21(24)12-17)27-14-16-3-7-18(25)8-4-16/h3-12,26H,2,13-14H2,1H3. The van der Waals surface area contributed by atoms with Gasteiger partial charge in [-0.3, -0.25) is 0 Å². The Balaban J connectivity index is 1.63. The van der Waals surface area contributed by atoms with Gasteiger partial charge in [-0.25, -0.2) is 0 Å². The summed E-state index contributed by atoms with van der Waals surface area (Å²) in [6.07, 6.45) is 1.05. The predicted molar refractivity (Wildman–Crippen MR) is 121 cm³/mol. The van der Waals surface area contributed by atoms with Gasteiger partial charge < -0.3 is 10.1 Å². The SMILES string of the molecule is CCc1ccc(NCc2cc(Br)c(OCc3ccc(Cl)cc3)c(Br)c2)cc1. The summed E-state index contributed by atoms with van der Waals surface area (Å²) in [7, 11) is 0. The summed E-state index contributed by atoms with van der Waals surface area (Å²) in [6, 6.07) is 20.4. The van der Waals surface area contributed by atoms with Crippen molar-refractivity contribution in [1.82, 2.24) is 0 Å². The fourth-order valence-corrected chi connectivity index (χ4v) is 4.29. The zero-order valence-electron chi connectivity index (χ0n) is 14.9. The third-order valence-corrected chi connectivity index (χ3v) is 5.64. The molecular formula is C22H20Br2ClNO. The summed E-state index contributed by atoms with van der Waals surface area (Å²) < 4.78 is 7.82. The number of hydrogen-bond acceptors (Lipinski definition) is 2. The van der Waals surface area contributed by atoms with Crippen molar-refractivity contribution < 1.29 is 4.74 Å². The van der Waals surface area contributed by atoms with Gasteiger partial charge in [-0.15, -0.1) is 0 Å². The van der Waals surface area contributed by atoms with Gasteiger partial charge in [-0.05, 0) is 91.4 Å². The summed E-state index contributed by atoms with van der Waals surface area (Å²) in [6.45, 7) is 3.38. The Hall–Kier alpha value is -1.49. The molecule has 140 valence electrons. The van der Waals surface area contributed by atoms with E-state index < -0.39 is 0 Å². The predicted octanol–water partition coefficient (Wildman–Crippen LogP) is 7.62. The molecule has 0 saturated heterocycles. The van der Waals surface area contributed by atoms with E-state index in [9.17, 15) is 0 Å². The molecule has 3 aromatic carbocycles. The lowest BCUT2D eigenvalue weighted by atomic mass is 10.1. The fraction of sp³-hybridized carbons (Fsp3) is 0.182. The Morgan fingerprint density at radius 1 is 0.852 bits per heavy atom. The Morgan fingerprint density at radius 3 is 2.04 bits per heavy atom. The van der Waals surface area contributed by atoms with Crippen molar-refractivity contribution in [2.75, 3.05) is 5.32 Å². The molecule has 3 rings (SSSR count). The van der Waals surface area contributed by atoms with E-state index in [1.165, 1.54) is 5.56 Å². The fourth-order valence-electron chi connectivity index (χ4n) is 2.65. The Morgan fingerprint density at radius 2 is 1.44 bits per heavy atom. The Labute approximate surface area is 182 Å². The monoisotopic (exact) mass is 507 g/mol. The van der Waals surface area contributed by atoms with Crippen LogP contribution in [0.25, 0.3) is 0 Å². The minimum atomic E-state index is 0.482. The van der Waals surface area contributed by atoms with Crippen LogP contribution in [0.4, 0.5) is 5.69 Å². The quantitative estimate of drug-likeness (QED) is 0.354. The zero-order chi connectivity index (χ0) is 19.2. The van der Waals surface area contributed by atoms with E-state index in [1.807, 2.05) is 24.3 Å². The molecule has 1 N–H and O–H groups in total. The molecule has 0 fully saturated rings. The van der Waals surface area contributed by atoms with Crippen molar-refractivity contribution in [2.45, 2.75) is 26.5 Å². The molecule has 5 heteroatoms. The van der Waals surface area contributed by atoms with Crippen LogP contribution >= 0.6 is 43.5 Å². The molecule has 27 heavy (non-hydrogen) atoms. The molecule has 0 atom stereocenters. The number of benzene rings is 3. The molecule has 0 heterocycles. The third kappa shape index (κ3) is 5.74. The molecule has 0 amide bonds. The highest BCUT2D eigenvalue weighted by Crippen LogP contribution is 2.35. The van der Waals surface area contributed by atoms with Gasteiger partial charge in [0.1, 0.15) is 12.4 Å². The van der Waals surface area contributed by atoms with Crippen LogP contribution in [0.15, 0.2) is 69.6 Å². The number of ether oxygens (including phenoxy) is 1. The topological polar surface area (TPSA) is 21.3 Å². The van der Waals surface area contributed by atoms with Crippen molar-refractivity contribution in [2.24, 2.45) is 0 Å². The number of halogens is 3. The number of hydrogen-bond donors (Lipinski definition) is 1. The first-order valence-corrected chi connectivity index (χ1v) is 10.7. The van der Waals surface area contributed by atoms with Crippen molar-refractivity contribution in [3.05, 3.63) is 91.3 Å². The van der Waals surface area contributed by atoms with Crippen molar-refractivity contribution in [3.8, 4) is 5.75 Å². The van der Waals surface area contributed by atoms with Gasteiger partial charge in [0.05, 0.1) is 8.95 Å². The van der Waals surface area contributed by atoms with Crippen LogP contribution in [0.3, 0.4) is 0 Å². The van der Waals surface area contributed by atoms with Gasteiger partial charge in [0.15, 0.2) is 0 Å². The highest BCUT2D eigenvalue weighted by Gasteiger charge is 2.10. The normalized spacial score (nSPS) is 10.7. The molecule has 0 saturated carbocycles. The number of nitrogens with one attached hydrogen (secondary N) is 1. The number of rotatable bonds is 7. The molecule has 0 aliphatic heterocycles. The lowest BCUT2D eigenvalue weighted by molar-refractivity contribution is 0.302. The van der Waals surface area contributed by atoms with Gasteiger partial charge in [-0.1, -0.05) is 42.8 Å². The van der Waals surface area contributed by atoms with Gasteiger partial charge in [0.2, 0.25) is 0 Å². The number of anilines is 1. The second-order valence-electron chi connectivity index (χ2n) is 6.21. The highest BCUT2D eigenvalue weighted by atomic mass is 79.9. The molecule has 0 unspecified atom stereocenters. The maximum atomic E-state index is 5.98. The lowest BCUT2D eigenvalue weighted by Crippen LogP contribution is -2.01. The van der Waals surface area contributed by atoms with Gasteiger partial charge in [0, 0.05) is 17.3 Å². The first kappa shape index (κ1) is 20.2. The lowest BCUT2D eigenvalue weighted by Gasteiger charge is -2.13. The van der Waals surface area contributed by atoms with Crippen molar-refractivity contribution in [3.63, 3.8) is 0 Å². The van der Waals surface area contributed by atoms with E-state index >= 15 is 0 Å². The minimum absolute atomic E-state index is 0.482. The maximum Gasteiger partial charge on any atom is 0.148 e. The van der Waals surface area contributed by atoms with E-state index in [1.54, 1.807) is 0 Å². The average Bonchev–Trinajstić information content (AvgIpc) is 2.67. The average molecular weight is 510 g/mol. The Kier molecular flexibility index (Phi) is 7.22. The van der Waals surface area contributed by atoms with E-state index in [4.69, 9.17) is 16.3 Å². The van der Waals surface area contributed by atoms with E-state index in [2.05, 4.69) is 80.5 Å². The van der Waals surface area contributed by atoms with Gasteiger partial charge in [-0.2, -0.15) is 0 Å². The van der Waals surface area contributed by atoms with Crippen LogP contribution < -0.4 is 10.1 Å². The smallest absolute Gasteiger partial charge is 0.148 e. The summed E-state index contributed by atoms with van der Waals surface area (Å²) in [5.74, 6) is 0.793. The molecule has 0 aliphatic carbocycles. The van der Waals surface area contributed by atoms with Gasteiger partial charge >= 0.3 is 0 Å². The summed E-state index contributed by atoms with van der Waals surface area (Å²) in [5.41, 5.74) is 4.68. The van der Waals surface area contributed by atoms with Crippen LogP contribution in [-0.2, 0) is 19.6 Å². The van der Waals surface area contributed by atoms with E-state index in [0.29, 0.717) is 6.61 Å². The van der Waals surface area contributed by atoms with E-state index in [-0.39, 0.29) is 0 Å². The van der Waals surface area contributed by atoms with Crippen LogP contribution in [-0.4, -0.2) is 0 Å². The third-order valence-electron chi connectivity index (χ3n) is 4.21. The van der Waals surface area contributed by atoms with Crippen LogP contribution in [0.1, 0.15) is 23.6 Å². The molecule has 0 radical (unpaired) electrons. The molecule has 2 nitrogen and oxygen atoms in total. The zero-order valence-corrected chi connectivity index (χ0v) is 18.9. The highest BCUT2D eigenvalue weighted by molar-refractivity contribution is 9.11. The molecule has 3 aromatic rings. The summed E-state index contributed by atoms with van der Waals surface area (Å²) >= 11 is 13.2. The number of aryl methyl sites for hydroxylation is 1. The second kappa shape index (κ2) is 9.63. The molecule has 0 aromatic heterocycles. The molecular weight excluding hydrogens is 490 g/mol. The molecule has 0 bridgehead atoms. The summed E-state index contributed by atoms with van der Waals surface area (Å²) in [5, 5.41) is 4.18. The first-order valence-electron chi connectivity index (χ1n) is 8.73. The second-order valence-corrected chi connectivity index (χ2v) is 8.35. The minimum Gasteiger partial charge on any atom is -0.487 e. The van der Waals surface area contributed by atoms with Crippen molar-refractivity contribution >= 4 is 49.1 Å². The van der Waals surface area contributed by atoms with Crippen LogP contribution in [0.2, 0.25) is 5.02 Å². The first-order chi connectivity index (χ1) is 13.0. The molecule has 0 spiro atoms. The largest absolute Gasteiger partial charge is 0.487 e. The van der Waals surface area contributed by atoms with Gasteiger partial charge in [0.25, 0.3) is 0 Å². The molecule has 0 aliphatic rings. The van der Waals surface area contributed by atoms with E-state index in [0.717, 1.165) is 49.5 Å². The summed E-state index contributed by atoms with van der Waals surface area (Å²) in [4.78, 5) is 0. The van der Waals surface area contributed by atoms with Crippen LogP contribution in [0.5, 0.6) is 5.75 Å². The maximum absolute atomic E-state index is 5.98.